The van der Waals surface area contributed by atoms with E-state index < -0.39 is 10.0 Å². The lowest BCUT2D eigenvalue weighted by Crippen LogP contribution is -2.40. The highest BCUT2D eigenvalue weighted by Gasteiger charge is 2.26. The second-order valence-corrected chi connectivity index (χ2v) is 10.3. The Morgan fingerprint density at radius 2 is 1.91 bits per heavy atom. The van der Waals surface area contributed by atoms with Crippen LogP contribution in [-0.2, 0) is 26.1 Å². The van der Waals surface area contributed by atoms with Crippen molar-refractivity contribution in [2.24, 2.45) is 0 Å². The van der Waals surface area contributed by atoms with Crippen molar-refractivity contribution >= 4 is 27.7 Å². The topological polar surface area (TPSA) is 119 Å². The molecule has 1 saturated heterocycles. The average molecular weight is 489 g/mol. The van der Waals surface area contributed by atoms with Crippen LogP contribution in [0.4, 0.5) is 0 Å². The molecule has 12 heteroatoms. The second kappa shape index (κ2) is 10.4. The van der Waals surface area contributed by atoms with Gasteiger partial charge in [-0.15, -0.1) is 5.10 Å². The zero-order valence-corrected chi connectivity index (χ0v) is 19.7. The van der Waals surface area contributed by atoms with E-state index in [-0.39, 0.29) is 16.6 Å². The normalized spacial score (nSPS) is 14.8. The molecule has 1 N–H and O–H groups in total. The lowest BCUT2D eigenvalue weighted by Gasteiger charge is -2.26. The summed E-state index contributed by atoms with van der Waals surface area (Å²) in [4.78, 5) is 12.6. The maximum absolute atomic E-state index is 12.7. The molecule has 1 fully saturated rings. The van der Waals surface area contributed by atoms with Crippen LogP contribution in [0.3, 0.4) is 0 Å². The van der Waals surface area contributed by atoms with Gasteiger partial charge in [0, 0.05) is 19.6 Å². The van der Waals surface area contributed by atoms with Crippen molar-refractivity contribution in [3.63, 3.8) is 0 Å². The zero-order valence-electron chi connectivity index (χ0n) is 18.0. The molecule has 0 atom stereocenters. The van der Waals surface area contributed by atoms with Gasteiger partial charge in [-0.1, -0.05) is 36.0 Å². The lowest BCUT2D eigenvalue weighted by atomic mass is 10.2. The predicted octanol–water partition coefficient (Wildman–Crippen LogP) is 1.40. The summed E-state index contributed by atoms with van der Waals surface area (Å²) in [6, 6.07) is 14.3. The van der Waals surface area contributed by atoms with E-state index in [4.69, 9.17) is 4.74 Å². The first-order chi connectivity index (χ1) is 15.9. The van der Waals surface area contributed by atoms with Crippen LogP contribution in [0.1, 0.15) is 11.1 Å². The molecule has 0 bridgehead atoms. The summed E-state index contributed by atoms with van der Waals surface area (Å²) >= 11 is 1.24. The molecule has 1 aromatic heterocycles. The molecule has 2 heterocycles. The lowest BCUT2D eigenvalue weighted by molar-refractivity contribution is -0.118. The van der Waals surface area contributed by atoms with E-state index in [1.165, 1.54) is 16.1 Å². The molecule has 2 aromatic carbocycles. The number of tetrazole rings is 1. The van der Waals surface area contributed by atoms with Crippen molar-refractivity contribution in [2.45, 2.75) is 23.5 Å². The van der Waals surface area contributed by atoms with Crippen LogP contribution in [0.2, 0.25) is 0 Å². The number of thioether (sulfide) groups is 1. The Balaban J connectivity index is 1.30. The van der Waals surface area contributed by atoms with E-state index in [2.05, 4.69) is 20.8 Å². The molecule has 1 aliphatic rings. The van der Waals surface area contributed by atoms with Crippen LogP contribution in [0.5, 0.6) is 0 Å². The van der Waals surface area contributed by atoms with E-state index in [1.807, 2.05) is 31.2 Å². The Labute approximate surface area is 196 Å². The molecule has 0 aliphatic carbocycles. The van der Waals surface area contributed by atoms with Gasteiger partial charge in [-0.2, -0.15) is 8.99 Å². The van der Waals surface area contributed by atoms with E-state index in [0.717, 1.165) is 16.8 Å². The van der Waals surface area contributed by atoms with Gasteiger partial charge in [0.05, 0.1) is 29.5 Å². The third kappa shape index (κ3) is 5.77. The quantitative estimate of drug-likeness (QED) is 0.473. The fourth-order valence-electron chi connectivity index (χ4n) is 3.29. The Morgan fingerprint density at radius 3 is 2.64 bits per heavy atom. The second-order valence-electron chi connectivity index (χ2n) is 7.44. The summed E-state index contributed by atoms with van der Waals surface area (Å²) in [5.41, 5.74) is 2.72. The number of sulfonamides is 1. The van der Waals surface area contributed by atoms with Gasteiger partial charge in [0.25, 0.3) is 0 Å². The van der Waals surface area contributed by atoms with Crippen LogP contribution in [0.15, 0.2) is 58.6 Å². The number of hydrogen-bond acceptors (Lipinski definition) is 8. The fourth-order valence-corrected chi connectivity index (χ4v) is 5.42. The van der Waals surface area contributed by atoms with Crippen molar-refractivity contribution < 1.29 is 17.9 Å². The van der Waals surface area contributed by atoms with Crippen molar-refractivity contribution in [3.05, 3.63) is 59.7 Å². The van der Waals surface area contributed by atoms with Gasteiger partial charge in [-0.05, 0) is 52.7 Å². The summed E-state index contributed by atoms with van der Waals surface area (Å²) in [5, 5.41) is 15.1. The molecule has 1 aliphatic heterocycles. The molecule has 3 aromatic rings. The minimum Gasteiger partial charge on any atom is -0.379 e. The summed E-state index contributed by atoms with van der Waals surface area (Å²) in [6.07, 6.45) is 0. The third-order valence-electron chi connectivity index (χ3n) is 5.04. The first kappa shape index (κ1) is 23.4. The van der Waals surface area contributed by atoms with Crippen molar-refractivity contribution in [1.82, 2.24) is 29.8 Å². The highest BCUT2D eigenvalue weighted by atomic mass is 32.2. The van der Waals surface area contributed by atoms with Gasteiger partial charge in [0.1, 0.15) is 0 Å². The number of aromatic nitrogens is 4. The van der Waals surface area contributed by atoms with Gasteiger partial charge in [0.2, 0.25) is 21.1 Å². The van der Waals surface area contributed by atoms with Crippen LogP contribution < -0.4 is 5.32 Å². The maximum atomic E-state index is 12.7. The minimum absolute atomic E-state index is 0.148. The van der Waals surface area contributed by atoms with Crippen LogP contribution in [-0.4, -0.2) is 70.9 Å². The van der Waals surface area contributed by atoms with Crippen molar-refractivity contribution in [1.29, 1.82) is 0 Å². The molecule has 0 spiro atoms. The number of carbonyl (C=O) groups is 1. The molecule has 1 amide bonds. The molecular weight excluding hydrogens is 464 g/mol. The fraction of sp³-hybridized carbons (Fsp3) is 0.333. The Morgan fingerprint density at radius 1 is 1.15 bits per heavy atom. The summed E-state index contributed by atoms with van der Waals surface area (Å²) in [6.45, 7) is 3.78. The predicted molar refractivity (Wildman–Crippen MR) is 122 cm³/mol. The van der Waals surface area contributed by atoms with E-state index in [1.54, 1.807) is 28.9 Å². The zero-order chi connectivity index (χ0) is 23.3. The highest BCUT2D eigenvalue weighted by Crippen LogP contribution is 2.19. The monoisotopic (exact) mass is 488 g/mol. The van der Waals surface area contributed by atoms with Crippen molar-refractivity contribution in [3.8, 4) is 5.69 Å². The van der Waals surface area contributed by atoms with Crippen molar-refractivity contribution in [2.75, 3.05) is 32.1 Å². The van der Waals surface area contributed by atoms with E-state index in [9.17, 15) is 13.2 Å². The molecule has 0 unspecified atom stereocenters. The van der Waals surface area contributed by atoms with E-state index in [0.29, 0.717) is 38.0 Å². The Hall–Kier alpha value is -2.80. The van der Waals surface area contributed by atoms with Gasteiger partial charge in [-0.3, -0.25) is 4.79 Å². The molecule has 10 nitrogen and oxygen atoms in total. The molecule has 174 valence electrons. The number of hydrogen-bond donors (Lipinski definition) is 1. The summed E-state index contributed by atoms with van der Waals surface area (Å²) in [7, 11) is -3.53. The SMILES string of the molecule is Cc1cccc(-n2nnnc2SCC(=O)NCc2ccc(S(=O)(=O)N3CCOCC3)cc2)c1. The average Bonchev–Trinajstić information content (AvgIpc) is 3.31. The number of nitrogens with zero attached hydrogens (tertiary/aromatic N) is 5. The van der Waals surface area contributed by atoms with Crippen LogP contribution in [0, 0.1) is 6.92 Å². The smallest absolute Gasteiger partial charge is 0.243 e. The number of nitrogens with one attached hydrogen (secondary N) is 1. The highest BCUT2D eigenvalue weighted by molar-refractivity contribution is 7.99. The van der Waals surface area contributed by atoms with Gasteiger partial charge in [-0.25, -0.2) is 8.42 Å². The minimum atomic E-state index is -3.53. The maximum Gasteiger partial charge on any atom is 0.243 e. The number of morpholine rings is 1. The number of benzene rings is 2. The molecule has 0 radical (unpaired) electrons. The number of aryl methyl sites for hydroxylation is 1. The standard InChI is InChI=1S/C21H24N6O4S2/c1-16-3-2-4-18(13-16)27-21(23-24-25-27)32-15-20(28)22-14-17-5-7-19(8-6-17)33(29,30)26-9-11-31-12-10-26/h2-8,13H,9-12,14-15H2,1H3,(H,22,28). The van der Waals surface area contributed by atoms with E-state index >= 15 is 0 Å². The first-order valence-electron chi connectivity index (χ1n) is 10.4. The third-order valence-corrected chi connectivity index (χ3v) is 7.87. The molecule has 0 saturated carbocycles. The largest absolute Gasteiger partial charge is 0.379 e. The molecule has 33 heavy (non-hydrogen) atoms. The number of carbonyl (C=O) groups excluding carboxylic acids is 1. The number of rotatable bonds is 8. The van der Waals surface area contributed by atoms with Crippen LogP contribution in [0.25, 0.3) is 5.69 Å². The van der Waals surface area contributed by atoms with Crippen LogP contribution >= 0.6 is 11.8 Å². The summed E-state index contributed by atoms with van der Waals surface area (Å²) in [5.74, 6) is -0.0285. The van der Waals surface area contributed by atoms with Gasteiger partial charge < -0.3 is 10.1 Å². The molecule has 4 rings (SSSR count). The Kier molecular flexibility index (Phi) is 7.38. The van der Waals surface area contributed by atoms with Gasteiger partial charge >= 0.3 is 0 Å². The first-order valence-corrected chi connectivity index (χ1v) is 12.8. The molecular formula is C21H24N6O4S2. The number of ether oxygens (including phenoxy) is 1. The summed E-state index contributed by atoms with van der Waals surface area (Å²) < 4.78 is 33.6. The number of amides is 1. The van der Waals surface area contributed by atoms with Gasteiger partial charge in [0.15, 0.2) is 0 Å². The Bertz CT molecular complexity index is 1210.